The van der Waals surface area contributed by atoms with E-state index in [0.29, 0.717) is 6.42 Å². The molecule has 1 aromatic carbocycles. The molecule has 0 atom stereocenters. The van der Waals surface area contributed by atoms with Gasteiger partial charge in [0.25, 0.3) is 0 Å². The van der Waals surface area contributed by atoms with Crippen molar-refractivity contribution in [2.45, 2.75) is 26.8 Å². The molecule has 0 bridgehead atoms. The van der Waals surface area contributed by atoms with Crippen LogP contribution in [-0.4, -0.2) is 16.0 Å². The van der Waals surface area contributed by atoms with Gasteiger partial charge in [0.1, 0.15) is 0 Å². The number of Topliss-reactive ketones (excluding diaryl/α,β-unsaturated/α-hetero) is 1. The third-order valence-corrected chi connectivity index (χ3v) is 2.95. The summed E-state index contributed by atoms with van der Waals surface area (Å²) in [5, 5.41) is 10.2. The van der Waals surface area contributed by atoms with E-state index in [0.717, 1.165) is 29.1 Å². The second-order valence-electron chi connectivity index (χ2n) is 4.23. The van der Waals surface area contributed by atoms with Crippen LogP contribution in [0.1, 0.15) is 35.0 Å². The van der Waals surface area contributed by atoms with Crippen LogP contribution in [0.15, 0.2) is 30.5 Å². The summed E-state index contributed by atoms with van der Waals surface area (Å²) >= 11 is 0. The summed E-state index contributed by atoms with van der Waals surface area (Å²) in [5.74, 6) is 0.173. The van der Waals surface area contributed by atoms with Crippen molar-refractivity contribution in [3.8, 4) is 0 Å². The van der Waals surface area contributed by atoms with E-state index in [9.17, 15) is 4.79 Å². The number of aromatic nitrogens is 2. The lowest BCUT2D eigenvalue weighted by atomic mass is 10.1. The van der Waals surface area contributed by atoms with Crippen LogP contribution in [0.4, 0.5) is 5.69 Å². The van der Waals surface area contributed by atoms with Crippen LogP contribution < -0.4 is 5.32 Å². The first kappa shape index (κ1) is 12.4. The van der Waals surface area contributed by atoms with Gasteiger partial charge in [0.2, 0.25) is 0 Å². The number of aryl methyl sites for hydroxylation is 1. The number of carbonyl (C=O) groups excluding carboxylic acids is 1. The third-order valence-electron chi connectivity index (χ3n) is 2.95. The van der Waals surface area contributed by atoms with E-state index in [4.69, 9.17) is 0 Å². The highest BCUT2D eigenvalue weighted by Gasteiger charge is 2.03. The molecule has 18 heavy (non-hydrogen) atoms. The highest BCUT2D eigenvalue weighted by Crippen LogP contribution is 2.13. The normalized spacial score (nSPS) is 10.3. The maximum Gasteiger partial charge on any atom is 0.162 e. The summed E-state index contributed by atoms with van der Waals surface area (Å²) in [6.07, 6.45) is 2.36. The van der Waals surface area contributed by atoms with Crippen LogP contribution in [-0.2, 0) is 6.54 Å². The summed E-state index contributed by atoms with van der Waals surface area (Å²) in [6, 6.07) is 7.57. The molecule has 0 spiro atoms. The van der Waals surface area contributed by atoms with Crippen molar-refractivity contribution >= 4 is 11.5 Å². The number of carbonyl (C=O) groups is 1. The molecule has 4 heteroatoms. The number of anilines is 1. The summed E-state index contributed by atoms with van der Waals surface area (Å²) in [4.78, 5) is 11.5. The van der Waals surface area contributed by atoms with E-state index >= 15 is 0 Å². The molecule has 0 aliphatic rings. The quantitative estimate of drug-likeness (QED) is 0.794. The van der Waals surface area contributed by atoms with Gasteiger partial charge in [-0.15, -0.1) is 0 Å². The zero-order valence-electron chi connectivity index (χ0n) is 10.7. The number of hydrogen-bond donors (Lipinski definition) is 2. The Bertz CT molecular complexity index is 528. The molecule has 1 aromatic heterocycles. The van der Waals surface area contributed by atoms with Gasteiger partial charge in [-0.2, -0.15) is 5.10 Å². The predicted molar refractivity (Wildman–Crippen MR) is 71.7 cm³/mol. The zero-order valence-corrected chi connectivity index (χ0v) is 10.7. The van der Waals surface area contributed by atoms with Crippen molar-refractivity contribution in [3.63, 3.8) is 0 Å². The fraction of sp³-hybridized carbons (Fsp3) is 0.286. The van der Waals surface area contributed by atoms with Gasteiger partial charge in [0.05, 0.1) is 6.20 Å². The molecule has 0 amide bonds. The molecule has 1 heterocycles. The first-order chi connectivity index (χ1) is 8.70. The Kier molecular flexibility index (Phi) is 3.77. The lowest BCUT2D eigenvalue weighted by Gasteiger charge is -2.06. The van der Waals surface area contributed by atoms with Crippen LogP contribution in [0, 0.1) is 6.92 Å². The predicted octanol–water partition coefficient (Wildman–Crippen LogP) is 2.92. The number of aromatic amines is 1. The minimum absolute atomic E-state index is 0.173. The molecule has 2 N–H and O–H groups in total. The van der Waals surface area contributed by atoms with Gasteiger partial charge in [-0.25, -0.2) is 0 Å². The Balaban J connectivity index is 1.98. The van der Waals surface area contributed by atoms with Gasteiger partial charge in [-0.05, 0) is 31.2 Å². The monoisotopic (exact) mass is 243 g/mol. The Morgan fingerprint density at radius 3 is 2.61 bits per heavy atom. The largest absolute Gasteiger partial charge is 0.381 e. The summed E-state index contributed by atoms with van der Waals surface area (Å²) in [5.41, 5.74) is 3.98. The molecule has 2 aromatic rings. The second kappa shape index (κ2) is 5.49. The fourth-order valence-corrected chi connectivity index (χ4v) is 1.73. The molecule has 0 saturated carbocycles. The lowest BCUT2D eigenvalue weighted by molar-refractivity contribution is 0.0988. The van der Waals surface area contributed by atoms with Crippen LogP contribution in [0.2, 0.25) is 0 Å². The SMILES string of the molecule is CCC(=O)c1ccc(NCc2cn[nH]c2C)cc1. The number of H-pyrrole nitrogens is 1. The first-order valence-corrected chi connectivity index (χ1v) is 6.06. The van der Waals surface area contributed by atoms with Crippen LogP contribution in [0.3, 0.4) is 0 Å². The maximum atomic E-state index is 11.5. The molecular weight excluding hydrogens is 226 g/mol. The van der Waals surface area contributed by atoms with Gasteiger partial charge in [-0.3, -0.25) is 9.89 Å². The molecule has 0 aliphatic heterocycles. The number of rotatable bonds is 5. The molecule has 0 aliphatic carbocycles. The minimum Gasteiger partial charge on any atom is -0.381 e. The van der Waals surface area contributed by atoms with Gasteiger partial charge >= 0.3 is 0 Å². The van der Waals surface area contributed by atoms with E-state index in [1.807, 2.05) is 44.3 Å². The van der Waals surface area contributed by atoms with Crippen molar-refractivity contribution in [2.75, 3.05) is 5.32 Å². The second-order valence-corrected chi connectivity index (χ2v) is 4.23. The molecule has 2 rings (SSSR count). The van der Waals surface area contributed by atoms with Gasteiger partial charge < -0.3 is 5.32 Å². The number of hydrogen-bond acceptors (Lipinski definition) is 3. The molecule has 4 nitrogen and oxygen atoms in total. The number of ketones is 1. The van der Waals surface area contributed by atoms with Crippen molar-refractivity contribution in [1.82, 2.24) is 10.2 Å². The Hall–Kier alpha value is -2.10. The summed E-state index contributed by atoms with van der Waals surface area (Å²) in [6.45, 7) is 4.59. The average molecular weight is 243 g/mol. The van der Waals surface area contributed by atoms with Crippen molar-refractivity contribution in [2.24, 2.45) is 0 Å². The fourth-order valence-electron chi connectivity index (χ4n) is 1.73. The van der Waals surface area contributed by atoms with E-state index in [-0.39, 0.29) is 5.78 Å². The molecule has 0 unspecified atom stereocenters. The summed E-state index contributed by atoms with van der Waals surface area (Å²) < 4.78 is 0. The number of nitrogens with zero attached hydrogens (tertiary/aromatic N) is 1. The average Bonchev–Trinajstić information content (AvgIpc) is 2.81. The van der Waals surface area contributed by atoms with E-state index < -0.39 is 0 Å². The van der Waals surface area contributed by atoms with Crippen LogP contribution >= 0.6 is 0 Å². The van der Waals surface area contributed by atoms with Gasteiger partial charge in [0.15, 0.2) is 5.78 Å². The molecule has 94 valence electrons. The topological polar surface area (TPSA) is 57.8 Å². The van der Waals surface area contributed by atoms with Crippen LogP contribution in [0.25, 0.3) is 0 Å². The van der Waals surface area contributed by atoms with Gasteiger partial charge in [0, 0.05) is 35.5 Å². The van der Waals surface area contributed by atoms with Crippen molar-refractivity contribution in [3.05, 3.63) is 47.3 Å². The molecular formula is C14H17N3O. The van der Waals surface area contributed by atoms with E-state index in [1.54, 1.807) is 0 Å². The number of nitrogens with one attached hydrogen (secondary N) is 2. The Labute approximate surface area is 106 Å². The van der Waals surface area contributed by atoms with E-state index in [1.165, 1.54) is 0 Å². The Morgan fingerprint density at radius 1 is 1.33 bits per heavy atom. The third kappa shape index (κ3) is 2.77. The summed E-state index contributed by atoms with van der Waals surface area (Å²) in [7, 11) is 0. The van der Waals surface area contributed by atoms with Crippen molar-refractivity contribution in [1.29, 1.82) is 0 Å². The lowest BCUT2D eigenvalue weighted by Crippen LogP contribution is -2.01. The molecule has 0 radical (unpaired) electrons. The molecule has 0 fully saturated rings. The highest BCUT2D eigenvalue weighted by atomic mass is 16.1. The van der Waals surface area contributed by atoms with Crippen LogP contribution in [0.5, 0.6) is 0 Å². The smallest absolute Gasteiger partial charge is 0.162 e. The standard InChI is InChI=1S/C14H17N3O/c1-3-14(18)11-4-6-13(7-5-11)15-8-12-9-16-17-10(12)2/h4-7,9,15H,3,8H2,1-2H3,(H,16,17). The molecule has 0 saturated heterocycles. The Morgan fingerprint density at radius 2 is 2.06 bits per heavy atom. The minimum atomic E-state index is 0.173. The van der Waals surface area contributed by atoms with Gasteiger partial charge in [-0.1, -0.05) is 6.92 Å². The van der Waals surface area contributed by atoms with E-state index in [2.05, 4.69) is 15.5 Å². The first-order valence-electron chi connectivity index (χ1n) is 6.06. The highest BCUT2D eigenvalue weighted by molar-refractivity contribution is 5.96. The zero-order chi connectivity index (χ0) is 13.0. The number of benzene rings is 1. The maximum absolute atomic E-state index is 11.5. The van der Waals surface area contributed by atoms with Crippen molar-refractivity contribution < 1.29 is 4.79 Å².